The monoisotopic (exact) mass is 272 g/mol. The molecular weight excluding hydrogens is 248 g/mol. The maximum atomic E-state index is 9.63. The van der Waals surface area contributed by atoms with Gasteiger partial charge in [-0.25, -0.2) is 19.6 Å². The first-order valence-electron chi connectivity index (χ1n) is 6.33. The number of hydrogen-bond donors (Lipinski definition) is 2. The lowest BCUT2D eigenvalue weighted by atomic mass is 9.97. The highest BCUT2D eigenvalue weighted by Gasteiger charge is 2.13. The summed E-state index contributed by atoms with van der Waals surface area (Å²) < 4.78 is 0. The predicted octanol–water partition coefficient (Wildman–Crippen LogP) is 1.22. The summed E-state index contributed by atoms with van der Waals surface area (Å²) in [6.07, 6.45) is 6.80. The largest absolute Gasteiger partial charge is 0.396 e. The number of carbonyl (C=O) groups excluding carboxylic acids is 2. The van der Waals surface area contributed by atoms with Gasteiger partial charge in [-0.2, -0.15) is 0 Å². The molecule has 110 valence electrons. The first-order valence-corrected chi connectivity index (χ1v) is 6.33. The maximum Gasteiger partial charge on any atom is 0.234 e. The van der Waals surface area contributed by atoms with E-state index in [-0.39, 0.29) is 18.6 Å². The molecule has 0 amide bonds. The van der Waals surface area contributed by atoms with Crippen LogP contribution in [0.3, 0.4) is 0 Å². The molecule has 0 aliphatic carbocycles. The van der Waals surface area contributed by atoms with Crippen molar-refractivity contribution in [2.75, 3.05) is 26.3 Å². The average Bonchev–Trinajstić information content (AvgIpc) is 2.42. The van der Waals surface area contributed by atoms with Gasteiger partial charge in [0.25, 0.3) is 0 Å². The van der Waals surface area contributed by atoms with Crippen molar-refractivity contribution >= 4 is 12.2 Å². The number of aliphatic imine (C=N–C) groups is 2. The molecule has 0 fully saturated rings. The van der Waals surface area contributed by atoms with Gasteiger partial charge in [0.05, 0.1) is 26.3 Å². The molecule has 0 heterocycles. The molecule has 2 N–H and O–H groups in total. The molecule has 0 aromatic carbocycles. The summed E-state index contributed by atoms with van der Waals surface area (Å²) in [5.74, 6) is 0. The van der Waals surface area contributed by atoms with Crippen LogP contribution in [0, 0.1) is 5.41 Å². The lowest BCUT2D eigenvalue weighted by Gasteiger charge is -2.16. The van der Waals surface area contributed by atoms with Gasteiger partial charge in [0.15, 0.2) is 0 Å². The predicted molar refractivity (Wildman–Crippen MR) is 72.4 cm³/mol. The minimum Gasteiger partial charge on any atom is -0.396 e. The van der Waals surface area contributed by atoms with Gasteiger partial charge in [-0.3, -0.25) is 0 Å². The molecule has 0 aliphatic rings. The van der Waals surface area contributed by atoms with E-state index < -0.39 is 0 Å². The highest BCUT2D eigenvalue weighted by molar-refractivity contribution is 5.32. The van der Waals surface area contributed by atoms with E-state index in [1.54, 1.807) is 13.8 Å². The Kier molecular flexibility index (Phi) is 15.5. The van der Waals surface area contributed by atoms with E-state index in [0.29, 0.717) is 13.1 Å². The van der Waals surface area contributed by atoms with Crippen molar-refractivity contribution < 1.29 is 19.8 Å². The highest BCUT2D eigenvalue weighted by atomic mass is 16.3. The van der Waals surface area contributed by atoms with Gasteiger partial charge in [0.1, 0.15) is 0 Å². The molecule has 0 bridgehead atoms. The molecule has 0 atom stereocenters. The van der Waals surface area contributed by atoms with Gasteiger partial charge in [-0.1, -0.05) is 26.7 Å². The molecule has 0 aromatic rings. The normalized spacial score (nSPS) is 9.68. The fourth-order valence-corrected chi connectivity index (χ4v) is 0.877. The summed E-state index contributed by atoms with van der Waals surface area (Å²) in [5, 5.41) is 16.9. The molecular formula is C13H24N2O4. The molecule has 0 rings (SSSR count). The summed E-state index contributed by atoms with van der Waals surface area (Å²) in [4.78, 5) is 26.1. The number of unbranched alkanes of at least 4 members (excludes halogenated alkanes) is 3. The number of isocyanates is 2. The van der Waals surface area contributed by atoms with Crippen LogP contribution in [0.2, 0.25) is 0 Å². The first-order chi connectivity index (χ1) is 9.04. The summed E-state index contributed by atoms with van der Waals surface area (Å²) in [5.41, 5.74) is -0.306. The van der Waals surface area contributed by atoms with Gasteiger partial charge in [-0.05, 0) is 12.8 Å². The Hall–Kier alpha value is -1.32. The minimum atomic E-state index is -0.306. The minimum absolute atomic E-state index is 0.0451. The molecule has 0 aromatic heterocycles. The van der Waals surface area contributed by atoms with E-state index in [1.807, 2.05) is 0 Å². The molecule has 6 nitrogen and oxygen atoms in total. The third kappa shape index (κ3) is 19.2. The van der Waals surface area contributed by atoms with Crippen LogP contribution in [-0.2, 0) is 9.59 Å². The van der Waals surface area contributed by atoms with E-state index >= 15 is 0 Å². The van der Waals surface area contributed by atoms with E-state index in [1.165, 1.54) is 12.2 Å². The Morgan fingerprint density at radius 3 is 1.42 bits per heavy atom. The van der Waals surface area contributed by atoms with Crippen LogP contribution in [0.25, 0.3) is 0 Å². The van der Waals surface area contributed by atoms with Gasteiger partial charge in [-0.15, -0.1) is 0 Å². The second kappa shape index (κ2) is 14.7. The summed E-state index contributed by atoms with van der Waals surface area (Å²) in [6.45, 7) is 4.80. The van der Waals surface area contributed by atoms with E-state index in [9.17, 15) is 9.59 Å². The number of aliphatic hydroxyl groups excluding tert-OH is 2. The zero-order chi connectivity index (χ0) is 15.0. The Morgan fingerprint density at radius 2 is 1.21 bits per heavy atom. The second-order valence-corrected chi connectivity index (χ2v) is 4.84. The lowest BCUT2D eigenvalue weighted by Crippen LogP contribution is -2.20. The Bertz CT molecular complexity index is 265. The molecule has 0 aliphatic heterocycles. The third-order valence-electron chi connectivity index (χ3n) is 2.27. The van der Waals surface area contributed by atoms with Crippen LogP contribution in [0.5, 0.6) is 0 Å². The van der Waals surface area contributed by atoms with Crippen LogP contribution in [-0.4, -0.2) is 48.7 Å². The molecule has 19 heavy (non-hydrogen) atoms. The molecule has 0 unspecified atom stereocenters. The van der Waals surface area contributed by atoms with Crippen molar-refractivity contribution in [2.24, 2.45) is 15.4 Å². The summed E-state index contributed by atoms with van der Waals surface area (Å²) in [7, 11) is 0. The number of hydrogen-bond acceptors (Lipinski definition) is 6. The van der Waals surface area contributed by atoms with Gasteiger partial charge < -0.3 is 10.2 Å². The van der Waals surface area contributed by atoms with Crippen LogP contribution in [0.15, 0.2) is 9.98 Å². The Morgan fingerprint density at radius 1 is 0.842 bits per heavy atom. The third-order valence-corrected chi connectivity index (χ3v) is 2.27. The van der Waals surface area contributed by atoms with Crippen molar-refractivity contribution in [1.29, 1.82) is 0 Å². The van der Waals surface area contributed by atoms with Crippen LogP contribution >= 0.6 is 0 Å². The van der Waals surface area contributed by atoms with Crippen LogP contribution in [0.1, 0.15) is 39.5 Å². The van der Waals surface area contributed by atoms with Crippen LogP contribution in [0.4, 0.5) is 0 Å². The second-order valence-electron chi connectivity index (χ2n) is 4.84. The van der Waals surface area contributed by atoms with Crippen molar-refractivity contribution in [3.8, 4) is 0 Å². The van der Waals surface area contributed by atoms with Crippen molar-refractivity contribution in [1.82, 2.24) is 0 Å². The lowest BCUT2D eigenvalue weighted by molar-refractivity contribution is 0.0857. The quantitative estimate of drug-likeness (QED) is 0.374. The van der Waals surface area contributed by atoms with Crippen molar-refractivity contribution in [2.45, 2.75) is 39.5 Å². The summed E-state index contributed by atoms with van der Waals surface area (Å²) >= 11 is 0. The Labute approximate surface area is 114 Å². The zero-order valence-electron chi connectivity index (χ0n) is 11.8. The van der Waals surface area contributed by atoms with Crippen molar-refractivity contribution in [3.63, 3.8) is 0 Å². The molecule has 6 heteroatoms. The number of rotatable bonds is 9. The van der Waals surface area contributed by atoms with E-state index in [4.69, 9.17) is 10.2 Å². The highest BCUT2D eigenvalue weighted by Crippen LogP contribution is 2.10. The SMILES string of the molecule is CC(C)(CO)CO.O=C=NCCCCCCN=C=O. The molecule has 0 spiro atoms. The smallest absolute Gasteiger partial charge is 0.234 e. The molecule has 0 saturated carbocycles. The first kappa shape index (κ1) is 20.0. The number of aliphatic hydroxyl groups is 2. The van der Waals surface area contributed by atoms with E-state index in [2.05, 4.69) is 9.98 Å². The summed E-state index contributed by atoms with van der Waals surface area (Å²) in [6, 6.07) is 0. The Balaban J connectivity index is 0. The average molecular weight is 272 g/mol. The van der Waals surface area contributed by atoms with Crippen LogP contribution < -0.4 is 0 Å². The molecule has 0 saturated heterocycles. The molecule has 0 radical (unpaired) electrons. The van der Waals surface area contributed by atoms with Gasteiger partial charge >= 0.3 is 0 Å². The topological polar surface area (TPSA) is 99.3 Å². The zero-order valence-corrected chi connectivity index (χ0v) is 11.8. The van der Waals surface area contributed by atoms with E-state index in [0.717, 1.165) is 25.7 Å². The van der Waals surface area contributed by atoms with Gasteiger partial charge in [0.2, 0.25) is 12.2 Å². The van der Waals surface area contributed by atoms with Crippen molar-refractivity contribution in [3.05, 3.63) is 0 Å². The fraction of sp³-hybridized carbons (Fsp3) is 0.846. The standard InChI is InChI=1S/C8H12N2O2.C5H12O2/c11-7-9-5-3-1-2-4-6-10-8-12;1-5(2,3-6)4-7/h1-6H2;6-7H,3-4H2,1-2H3. The van der Waals surface area contributed by atoms with Gasteiger partial charge in [0, 0.05) is 5.41 Å². The maximum absolute atomic E-state index is 9.63. The fourth-order valence-electron chi connectivity index (χ4n) is 0.877. The number of nitrogens with zero attached hydrogens (tertiary/aromatic N) is 2.